The third kappa shape index (κ3) is 5.71. The second kappa shape index (κ2) is 8.76. The molecule has 0 aromatic heterocycles. The molecule has 144 valence electrons. The highest BCUT2D eigenvalue weighted by Gasteiger charge is 2.18. The molecule has 7 heteroatoms. The monoisotopic (exact) mass is 454 g/mol. The van der Waals surface area contributed by atoms with Gasteiger partial charge in [-0.05, 0) is 57.2 Å². The Hall–Kier alpha value is -2.05. The predicted octanol–water partition coefficient (Wildman–Crippen LogP) is 5.17. The highest BCUT2D eigenvalue weighted by atomic mass is 79.9. The molecule has 0 atom stereocenters. The molecule has 0 aliphatic rings. The third-order valence-electron chi connectivity index (χ3n) is 3.71. The van der Waals surface area contributed by atoms with Crippen molar-refractivity contribution in [3.63, 3.8) is 0 Å². The van der Waals surface area contributed by atoms with Crippen LogP contribution in [0.2, 0.25) is 5.02 Å². The quantitative estimate of drug-likeness (QED) is 0.460. The molecule has 0 spiro atoms. The Labute approximate surface area is 171 Å². The summed E-state index contributed by atoms with van der Waals surface area (Å²) in [4.78, 5) is 23.9. The number of carbonyl (C=O) groups is 2. The summed E-state index contributed by atoms with van der Waals surface area (Å²) < 4.78 is 16.2. The van der Waals surface area contributed by atoms with Gasteiger partial charge in [-0.3, -0.25) is 0 Å². The lowest BCUT2D eigenvalue weighted by molar-refractivity contribution is -0.136. The Kier molecular flexibility index (Phi) is 6.89. The normalized spacial score (nSPS) is 11.0. The highest BCUT2D eigenvalue weighted by molar-refractivity contribution is 9.10. The Balaban J connectivity index is 2.06. The fourth-order valence-electron chi connectivity index (χ4n) is 2.23. The van der Waals surface area contributed by atoms with Crippen molar-refractivity contribution in [1.29, 1.82) is 0 Å². The molecule has 0 amide bonds. The first-order valence-corrected chi connectivity index (χ1v) is 9.30. The standard InChI is InChI=1S/C20H20BrClO5/c1-20(2,3)12-5-7-17(15(21)9-12)26-11-18(23)27-16-8-6-13(22)10-14(16)19(24)25-4/h5-10H,11H2,1-4H3. The predicted molar refractivity (Wildman–Crippen MR) is 107 cm³/mol. The van der Waals surface area contributed by atoms with Crippen LogP contribution in [0.5, 0.6) is 11.5 Å². The van der Waals surface area contributed by atoms with Crippen LogP contribution in [-0.4, -0.2) is 25.7 Å². The summed E-state index contributed by atoms with van der Waals surface area (Å²) in [6.07, 6.45) is 0. The van der Waals surface area contributed by atoms with Crippen molar-refractivity contribution in [3.8, 4) is 11.5 Å². The summed E-state index contributed by atoms with van der Waals surface area (Å²) in [6, 6.07) is 10.0. The van der Waals surface area contributed by atoms with Gasteiger partial charge in [0.2, 0.25) is 0 Å². The second-order valence-corrected chi connectivity index (χ2v) is 8.08. The number of halogens is 2. The summed E-state index contributed by atoms with van der Waals surface area (Å²) in [5.41, 5.74) is 1.20. The van der Waals surface area contributed by atoms with E-state index in [0.29, 0.717) is 10.8 Å². The fraction of sp³-hybridized carbons (Fsp3) is 0.300. The Morgan fingerprint density at radius 2 is 1.74 bits per heavy atom. The van der Waals surface area contributed by atoms with Crippen LogP contribution in [0.25, 0.3) is 0 Å². The van der Waals surface area contributed by atoms with E-state index in [-0.39, 0.29) is 23.3 Å². The zero-order chi connectivity index (χ0) is 20.2. The number of rotatable bonds is 5. The van der Waals surface area contributed by atoms with E-state index in [2.05, 4.69) is 41.4 Å². The average molecular weight is 456 g/mol. The molecule has 5 nitrogen and oxygen atoms in total. The van der Waals surface area contributed by atoms with Crippen molar-refractivity contribution in [1.82, 2.24) is 0 Å². The van der Waals surface area contributed by atoms with Crippen LogP contribution in [0.4, 0.5) is 0 Å². The van der Waals surface area contributed by atoms with Crippen LogP contribution < -0.4 is 9.47 Å². The number of methoxy groups -OCH3 is 1. The first kappa shape index (κ1) is 21.3. The number of ether oxygens (including phenoxy) is 3. The summed E-state index contributed by atoms with van der Waals surface area (Å²) in [5.74, 6) is -0.734. The molecule has 2 aromatic carbocycles. The SMILES string of the molecule is COC(=O)c1cc(Cl)ccc1OC(=O)COc1ccc(C(C)(C)C)cc1Br. The Morgan fingerprint density at radius 1 is 1.07 bits per heavy atom. The van der Waals surface area contributed by atoms with Crippen LogP contribution in [0, 0.1) is 0 Å². The lowest BCUT2D eigenvalue weighted by atomic mass is 9.87. The van der Waals surface area contributed by atoms with E-state index in [4.69, 9.17) is 21.1 Å². The molecule has 0 unspecified atom stereocenters. The van der Waals surface area contributed by atoms with E-state index in [1.54, 1.807) is 6.07 Å². The number of benzene rings is 2. The van der Waals surface area contributed by atoms with Crippen LogP contribution in [-0.2, 0) is 14.9 Å². The number of hydrogen-bond donors (Lipinski definition) is 0. The van der Waals surface area contributed by atoms with Crippen molar-refractivity contribution in [2.45, 2.75) is 26.2 Å². The van der Waals surface area contributed by atoms with Crippen LogP contribution >= 0.6 is 27.5 Å². The molecule has 2 rings (SSSR count). The lowest BCUT2D eigenvalue weighted by Crippen LogP contribution is -2.19. The molecule has 0 saturated carbocycles. The fourth-order valence-corrected chi connectivity index (χ4v) is 2.90. The van der Waals surface area contributed by atoms with Gasteiger partial charge in [0.05, 0.1) is 11.6 Å². The molecule has 0 heterocycles. The van der Waals surface area contributed by atoms with E-state index < -0.39 is 11.9 Å². The van der Waals surface area contributed by atoms with Gasteiger partial charge >= 0.3 is 11.9 Å². The molecular weight excluding hydrogens is 436 g/mol. The second-order valence-electron chi connectivity index (χ2n) is 6.79. The smallest absolute Gasteiger partial charge is 0.349 e. The van der Waals surface area contributed by atoms with Gasteiger partial charge in [-0.25, -0.2) is 9.59 Å². The first-order chi connectivity index (χ1) is 12.6. The maximum Gasteiger partial charge on any atom is 0.349 e. The van der Waals surface area contributed by atoms with E-state index in [1.165, 1.54) is 25.3 Å². The van der Waals surface area contributed by atoms with Gasteiger partial charge in [0.1, 0.15) is 17.1 Å². The molecule has 0 fully saturated rings. The van der Waals surface area contributed by atoms with Crippen molar-refractivity contribution < 1.29 is 23.8 Å². The lowest BCUT2D eigenvalue weighted by Gasteiger charge is -2.20. The minimum Gasteiger partial charge on any atom is -0.481 e. The van der Waals surface area contributed by atoms with Crippen LogP contribution in [0.15, 0.2) is 40.9 Å². The van der Waals surface area contributed by atoms with Crippen molar-refractivity contribution in [3.05, 3.63) is 57.0 Å². The number of esters is 2. The molecule has 2 aromatic rings. The van der Waals surface area contributed by atoms with E-state index in [9.17, 15) is 9.59 Å². The van der Waals surface area contributed by atoms with Crippen LogP contribution in [0.1, 0.15) is 36.7 Å². The molecule has 0 aliphatic carbocycles. The van der Waals surface area contributed by atoms with Gasteiger partial charge < -0.3 is 14.2 Å². The van der Waals surface area contributed by atoms with E-state index >= 15 is 0 Å². The van der Waals surface area contributed by atoms with Crippen molar-refractivity contribution in [2.24, 2.45) is 0 Å². The van der Waals surface area contributed by atoms with Gasteiger partial charge in [-0.2, -0.15) is 0 Å². The number of hydrogen-bond acceptors (Lipinski definition) is 5. The first-order valence-electron chi connectivity index (χ1n) is 8.13. The van der Waals surface area contributed by atoms with Gasteiger partial charge in [0, 0.05) is 5.02 Å². The molecule has 27 heavy (non-hydrogen) atoms. The minimum atomic E-state index is -0.658. The van der Waals surface area contributed by atoms with Gasteiger partial charge in [0.25, 0.3) is 0 Å². The van der Waals surface area contributed by atoms with Crippen LogP contribution in [0.3, 0.4) is 0 Å². The van der Waals surface area contributed by atoms with E-state index in [1.807, 2.05) is 12.1 Å². The average Bonchev–Trinajstić information content (AvgIpc) is 2.60. The van der Waals surface area contributed by atoms with Crippen molar-refractivity contribution in [2.75, 3.05) is 13.7 Å². The van der Waals surface area contributed by atoms with Gasteiger partial charge in [0.15, 0.2) is 6.61 Å². The molecule has 0 bridgehead atoms. The molecule has 0 saturated heterocycles. The molecule has 0 aliphatic heterocycles. The maximum atomic E-state index is 12.1. The number of carbonyl (C=O) groups excluding carboxylic acids is 2. The largest absolute Gasteiger partial charge is 0.481 e. The summed E-state index contributed by atoms with van der Waals surface area (Å²) in [7, 11) is 1.23. The molecular formula is C20H20BrClO5. The third-order valence-corrected chi connectivity index (χ3v) is 4.57. The summed E-state index contributed by atoms with van der Waals surface area (Å²) in [5, 5.41) is 0.328. The summed E-state index contributed by atoms with van der Waals surface area (Å²) in [6.45, 7) is 6.00. The zero-order valence-corrected chi connectivity index (χ0v) is 17.8. The maximum absolute atomic E-state index is 12.1. The molecule has 0 radical (unpaired) electrons. The minimum absolute atomic E-state index is 0.00114. The van der Waals surface area contributed by atoms with Gasteiger partial charge in [-0.15, -0.1) is 0 Å². The van der Waals surface area contributed by atoms with Gasteiger partial charge in [-0.1, -0.05) is 38.4 Å². The summed E-state index contributed by atoms with van der Waals surface area (Å²) >= 11 is 9.33. The topological polar surface area (TPSA) is 61.8 Å². The highest BCUT2D eigenvalue weighted by Crippen LogP contribution is 2.31. The zero-order valence-electron chi connectivity index (χ0n) is 15.5. The van der Waals surface area contributed by atoms with Crippen molar-refractivity contribution >= 4 is 39.5 Å². The Bertz CT molecular complexity index is 858. The van der Waals surface area contributed by atoms with E-state index in [0.717, 1.165) is 10.0 Å². The Morgan fingerprint density at radius 3 is 2.33 bits per heavy atom. The molecule has 0 N–H and O–H groups in total.